The average molecular weight is 206 g/mol. The van der Waals surface area contributed by atoms with Gasteiger partial charge in [-0.05, 0) is 27.9 Å². The normalized spacial score (nSPS) is 7.14. The molecule has 0 aliphatic heterocycles. The molecule has 0 bridgehead atoms. The summed E-state index contributed by atoms with van der Waals surface area (Å²) in [6.45, 7) is 4.08. The fraction of sp³-hybridized carbons (Fsp3) is 0.800. The highest BCUT2D eigenvalue weighted by Gasteiger charge is 1.82. The minimum absolute atomic E-state index is 0. The van der Waals surface area contributed by atoms with Gasteiger partial charge in [-0.15, -0.1) is 0 Å². The Bertz CT molecular complexity index is 120. The first-order valence-electron chi connectivity index (χ1n) is 3.82. The number of nitrogens with one attached hydrogen (secondary N) is 2. The Morgan fingerprint density at radius 3 is 1.07 bits per heavy atom. The van der Waals surface area contributed by atoms with Gasteiger partial charge in [0, 0.05) is 0 Å². The van der Waals surface area contributed by atoms with Crippen molar-refractivity contribution in [3.8, 4) is 0 Å². The molecule has 14 heavy (non-hydrogen) atoms. The summed E-state index contributed by atoms with van der Waals surface area (Å²) in [6, 6.07) is 0. The van der Waals surface area contributed by atoms with Crippen LogP contribution in [0.2, 0.25) is 0 Å². The van der Waals surface area contributed by atoms with Crippen LogP contribution in [-0.4, -0.2) is 38.8 Å². The lowest BCUT2D eigenvalue weighted by atomic mass is 10.5. The van der Waals surface area contributed by atoms with Crippen LogP contribution in [0.3, 0.4) is 0 Å². The van der Waals surface area contributed by atoms with E-state index >= 15 is 0 Å². The Morgan fingerprint density at radius 2 is 1.07 bits per heavy atom. The van der Waals surface area contributed by atoms with Crippen molar-refractivity contribution >= 4 is 11.6 Å². The molecule has 0 saturated carbocycles. The van der Waals surface area contributed by atoms with Gasteiger partial charge in [0.25, 0.3) is 0 Å². The van der Waals surface area contributed by atoms with Crippen LogP contribution >= 0.6 is 0 Å². The molecule has 0 heterocycles. The molecule has 0 aromatic carbocycles. The lowest BCUT2D eigenvalue weighted by molar-refractivity contribution is -0.116. The monoisotopic (exact) mass is 206 g/mol. The van der Waals surface area contributed by atoms with E-state index in [2.05, 4.69) is 10.6 Å². The zero-order chi connectivity index (χ0) is 9.98. The molecule has 0 radical (unpaired) electrons. The van der Waals surface area contributed by atoms with Crippen LogP contribution in [-0.2, 0) is 9.59 Å². The van der Waals surface area contributed by atoms with Crippen LogP contribution in [0.1, 0.15) is 28.7 Å². The standard InChI is InChI=1S/2C4H9NO.2CH4/c2*1-4(6)3-5-2;;/h2*5H,3H2,1-2H3;2*1H4. The third-order valence-corrected chi connectivity index (χ3v) is 0.851. The van der Waals surface area contributed by atoms with Gasteiger partial charge >= 0.3 is 0 Å². The van der Waals surface area contributed by atoms with E-state index in [4.69, 9.17) is 0 Å². The van der Waals surface area contributed by atoms with Crippen molar-refractivity contribution in [3.05, 3.63) is 0 Å². The molecule has 4 heteroatoms. The largest absolute Gasteiger partial charge is 0.313 e. The molecule has 0 saturated heterocycles. The molecule has 0 rings (SSSR count). The summed E-state index contributed by atoms with van der Waals surface area (Å²) in [4.78, 5) is 20.0. The van der Waals surface area contributed by atoms with Crippen molar-refractivity contribution < 1.29 is 9.59 Å². The van der Waals surface area contributed by atoms with Gasteiger partial charge in [-0.2, -0.15) is 0 Å². The van der Waals surface area contributed by atoms with Crippen LogP contribution in [0.5, 0.6) is 0 Å². The highest BCUT2D eigenvalue weighted by Crippen LogP contribution is 1.57. The zero-order valence-corrected chi connectivity index (χ0v) is 8.23. The summed E-state index contributed by atoms with van der Waals surface area (Å²) >= 11 is 0. The fourth-order valence-corrected chi connectivity index (χ4v) is 0.498. The summed E-state index contributed by atoms with van der Waals surface area (Å²) < 4.78 is 0. The number of hydrogen-bond acceptors (Lipinski definition) is 4. The molecule has 88 valence electrons. The molecule has 0 atom stereocenters. The second kappa shape index (κ2) is 18.1. The second-order valence-corrected chi connectivity index (χ2v) is 2.46. The van der Waals surface area contributed by atoms with Crippen LogP contribution in [0.4, 0.5) is 0 Å². The highest BCUT2D eigenvalue weighted by molar-refractivity contribution is 5.77. The Hall–Kier alpha value is -0.740. The Balaban J connectivity index is -0.0000000625. The molecule has 0 aliphatic rings. The number of hydrogen-bond donors (Lipinski definition) is 2. The fourth-order valence-electron chi connectivity index (χ4n) is 0.498. The zero-order valence-electron chi connectivity index (χ0n) is 8.23. The van der Waals surface area contributed by atoms with Crippen LogP contribution in [0.25, 0.3) is 0 Å². The summed E-state index contributed by atoms with van der Waals surface area (Å²) in [5.74, 6) is 0.356. The molecular formula is C10H26N2O2. The van der Waals surface area contributed by atoms with Gasteiger partial charge in [-0.3, -0.25) is 9.59 Å². The van der Waals surface area contributed by atoms with E-state index < -0.39 is 0 Å². The maximum atomic E-state index is 9.98. The lowest BCUT2D eigenvalue weighted by Crippen LogP contribution is -2.14. The SMILES string of the molecule is C.C.CNCC(C)=O.CNCC(C)=O. The summed E-state index contributed by atoms with van der Waals surface area (Å²) in [5, 5.41) is 5.44. The highest BCUT2D eigenvalue weighted by atomic mass is 16.1. The van der Waals surface area contributed by atoms with E-state index in [1.54, 1.807) is 27.9 Å². The predicted molar refractivity (Wildman–Crippen MR) is 62.7 cm³/mol. The van der Waals surface area contributed by atoms with E-state index in [-0.39, 0.29) is 26.4 Å². The molecule has 0 aromatic heterocycles. The Morgan fingerprint density at radius 1 is 0.857 bits per heavy atom. The number of rotatable bonds is 4. The van der Waals surface area contributed by atoms with Gasteiger partial charge in [0.2, 0.25) is 0 Å². The maximum absolute atomic E-state index is 9.98. The molecule has 2 N–H and O–H groups in total. The van der Waals surface area contributed by atoms with Crippen molar-refractivity contribution in [2.75, 3.05) is 27.2 Å². The van der Waals surface area contributed by atoms with Crippen molar-refractivity contribution in [3.63, 3.8) is 0 Å². The number of carbonyl (C=O) groups excluding carboxylic acids is 2. The van der Waals surface area contributed by atoms with E-state index in [9.17, 15) is 9.59 Å². The van der Waals surface area contributed by atoms with Crippen molar-refractivity contribution in [1.82, 2.24) is 10.6 Å². The lowest BCUT2D eigenvalue weighted by Gasteiger charge is -1.85. The third-order valence-electron chi connectivity index (χ3n) is 0.851. The first-order valence-corrected chi connectivity index (χ1v) is 3.82. The predicted octanol–water partition coefficient (Wildman–Crippen LogP) is 0.862. The number of ketones is 2. The van der Waals surface area contributed by atoms with Crippen molar-refractivity contribution in [2.45, 2.75) is 28.7 Å². The maximum Gasteiger partial charge on any atom is 0.143 e. The molecular weight excluding hydrogens is 180 g/mol. The van der Waals surface area contributed by atoms with Crippen LogP contribution in [0, 0.1) is 0 Å². The van der Waals surface area contributed by atoms with Crippen molar-refractivity contribution in [2.24, 2.45) is 0 Å². The molecule has 0 aromatic rings. The van der Waals surface area contributed by atoms with E-state index in [0.29, 0.717) is 13.1 Å². The Labute approximate surface area is 88.5 Å². The number of carbonyl (C=O) groups is 2. The summed E-state index contributed by atoms with van der Waals surface area (Å²) in [6.07, 6.45) is 0. The molecule has 0 fully saturated rings. The van der Waals surface area contributed by atoms with E-state index in [1.165, 1.54) is 0 Å². The van der Waals surface area contributed by atoms with Gasteiger partial charge in [-0.1, -0.05) is 14.9 Å². The Kier molecular flexibility index (Phi) is 30.1. The van der Waals surface area contributed by atoms with Crippen LogP contribution in [0.15, 0.2) is 0 Å². The molecule has 0 spiro atoms. The minimum Gasteiger partial charge on any atom is -0.313 e. The average Bonchev–Trinajstić information content (AvgIpc) is 1.87. The van der Waals surface area contributed by atoms with Gasteiger partial charge in [0.15, 0.2) is 0 Å². The molecule has 0 amide bonds. The van der Waals surface area contributed by atoms with Gasteiger partial charge in [0.05, 0.1) is 13.1 Å². The third kappa shape index (κ3) is 42.8. The summed E-state index contributed by atoms with van der Waals surface area (Å²) in [7, 11) is 3.50. The number of Topliss-reactive ketones (excluding diaryl/α,β-unsaturated/α-hetero) is 2. The topological polar surface area (TPSA) is 58.2 Å². The molecule has 4 nitrogen and oxygen atoms in total. The minimum atomic E-state index is 0. The molecule has 0 aliphatic carbocycles. The van der Waals surface area contributed by atoms with E-state index in [1.807, 2.05) is 0 Å². The quantitative estimate of drug-likeness (QED) is 0.716. The van der Waals surface area contributed by atoms with Gasteiger partial charge in [0.1, 0.15) is 11.6 Å². The molecule has 0 unspecified atom stereocenters. The van der Waals surface area contributed by atoms with Gasteiger partial charge in [-0.25, -0.2) is 0 Å². The van der Waals surface area contributed by atoms with E-state index in [0.717, 1.165) is 0 Å². The number of likely N-dealkylation sites (N-methyl/N-ethyl adjacent to an activating group) is 2. The van der Waals surface area contributed by atoms with Crippen molar-refractivity contribution in [1.29, 1.82) is 0 Å². The van der Waals surface area contributed by atoms with Gasteiger partial charge < -0.3 is 10.6 Å². The first kappa shape index (κ1) is 23.2. The summed E-state index contributed by atoms with van der Waals surface area (Å²) in [5.41, 5.74) is 0. The second-order valence-electron chi connectivity index (χ2n) is 2.46. The van der Waals surface area contributed by atoms with Crippen LogP contribution < -0.4 is 10.6 Å². The first-order chi connectivity index (χ1) is 5.54. The smallest absolute Gasteiger partial charge is 0.143 e.